The molecule has 0 bridgehead atoms. The molecule has 2 heterocycles. The van der Waals surface area contributed by atoms with Crippen LogP contribution in [0.4, 0.5) is 0 Å². The van der Waals surface area contributed by atoms with Crippen LogP contribution in [-0.2, 0) is 11.2 Å². The molecule has 2 atom stereocenters. The third-order valence-corrected chi connectivity index (χ3v) is 5.73. The second-order valence-electron chi connectivity index (χ2n) is 6.41. The Hall–Kier alpha value is -1.46. The minimum atomic E-state index is -0.313. The van der Waals surface area contributed by atoms with Gasteiger partial charge in [0.25, 0.3) is 0 Å². The fourth-order valence-corrected chi connectivity index (χ4v) is 4.15. The molecule has 1 aliphatic rings. The number of fused-ring (bicyclic) bond motifs is 1. The zero-order valence-corrected chi connectivity index (χ0v) is 14.4. The first-order chi connectivity index (χ1) is 11.1. The van der Waals surface area contributed by atoms with Crippen LogP contribution in [0.3, 0.4) is 0 Å². The summed E-state index contributed by atoms with van der Waals surface area (Å²) in [5.41, 5.74) is 1.07. The zero-order chi connectivity index (χ0) is 16.2. The Labute approximate surface area is 141 Å². The highest BCUT2D eigenvalue weighted by Gasteiger charge is 2.28. The van der Waals surface area contributed by atoms with Crippen molar-refractivity contribution in [3.05, 3.63) is 29.3 Å². The van der Waals surface area contributed by atoms with Crippen molar-refractivity contribution in [2.45, 2.75) is 45.1 Å². The van der Waals surface area contributed by atoms with Crippen molar-refractivity contribution in [2.24, 2.45) is 5.92 Å². The Bertz CT molecular complexity index is 635. The Morgan fingerprint density at radius 1 is 1.43 bits per heavy atom. The van der Waals surface area contributed by atoms with Crippen molar-refractivity contribution >= 4 is 27.5 Å². The van der Waals surface area contributed by atoms with E-state index in [9.17, 15) is 9.90 Å². The molecule has 1 fully saturated rings. The summed E-state index contributed by atoms with van der Waals surface area (Å²) in [5.74, 6) is 0.485. The topological polar surface area (TPSA) is 53.4 Å². The summed E-state index contributed by atoms with van der Waals surface area (Å²) in [6, 6.07) is 8.21. The van der Waals surface area contributed by atoms with Crippen LogP contribution in [0.15, 0.2) is 24.3 Å². The number of hydrogen-bond donors (Lipinski definition) is 1. The molecule has 1 saturated heterocycles. The number of benzene rings is 1. The van der Waals surface area contributed by atoms with Gasteiger partial charge in [-0.1, -0.05) is 12.1 Å². The molecule has 4 nitrogen and oxygen atoms in total. The number of unbranched alkanes of at least 4 members (excludes halogenated alkanes) is 1. The minimum Gasteiger partial charge on any atom is -0.393 e. The van der Waals surface area contributed by atoms with E-state index < -0.39 is 0 Å². The number of nitrogens with zero attached hydrogens (tertiary/aromatic N) is 2. The second-order valence-corrected chi connectivity index (χ2v) is 7.53. The fraction of sp³-hybridized carbons (Fsp3) is 0.556. The van der Waals surface area contributed by atoms with Crippen LogP contribution in [0.25, 0.3) is 10.2 Å². The number of amides is 1. The first-order valence-electron chi connectivity index (χ1n) is 8.44. The Morgan fingerprint density at radius 3 is 3.00 bits per heavy atom. The number of thiazole rings is 1. The average molecular weight is 332 g/mol. The quantitative estimate of drug-likeness (QED) is 0.826. The van der Waals surface area contributed by atoms with E-state index in [4.69, 9.17) is 0 Å². The molecular weight excluding hydrogens is 308 g/mol. The molecule has 0 saturated carbocycles. The first-order valence-corrected chi connectivity index (χ1v) is 9.25. The molecule has 0 aliphatic carbocycles. The second kappa shape index (κ2) is 7.41. The van der Waals surface area contributed by atoms with E-state index in [1.807, 2.05) is 30.0 Å². The maximum absolute atomic E-state index is 12.2. The SMILES string of the molecule is CC(O)C1CCN(C(=O)CCCCc2nc3ccccc3s2)C1. The lowest BCUT2D eigenvalue weighted by Crippen LogP contribution is -2.30. The Morgan fingerprint density at radius 2 is 2.26 bits per heavy atom. The summed E-state index contributed by atoms with van der Waals surface area (Å²) in [6.45, 7) is 3.33. The number of aliphatic hydroxyl groups is 1. The largest absolute Gasteiger partial charge is 0.393 e. The van der Waals surface area contributed by atoms with E-state index in [2.05, 4.69) is 11.1 Å². The van der Waals surface area contributed by atoms with Gasteiger partial charge in [-0.3, -0.25) is 4.79 Å². The number of aliphatic hydroxyl groups excluding tert-OH is 1. The van der Waals surface area contributed by atoms with Gasteiger partial charge in [0.1, 0.15) is 0 Å². The van der Waals surface area contributed by atoms with Gasteiger partial charge in [0.15, 0.2) is 0 Å². The van der Waals surface area contributed by atoms with Crippen molar-refractivity contribution in [1.82, 2.24) is 9.88 Å². The van der Waals surface area contributed by atoms with Crippen molar-refractivity contribution in [2.75, 3.05) is 13.1 Å². The molecule has 1 aliphatic heterocycles. The van der Waals surface area contributed by atoms with Gasteiger partial charge in [-0.05, 0) is 44.7 Å². The molecule has 0 spiro atoms. The molecule has 124 valence electrons. The van der Waals surface area contributed by atoms with Crippen LogP contribution >= 0.6 is 11.3 Å². The van der Waals surface area contributed by atoms with Gasteiger partial charge < -0.3 is 10.0 Å². The summed E-state index contributed by atoms with van der Waals surface area (Å²) in [6.07, 6.45) is 4.08. The van der Waals surface area contributed by atoms with Gasteiger partial charge in [0, 0.05) is 25.4 Å². The molecular formula is C18H24N2O2S. The van der Waals surface area contributed by atoms with Crippen molar-refractivity contribution in [1.29, 1.82) is 0 Å². The molecule has 2 aromatic rings. The van der Waals surface area contributed by atoms with Gasteiger partial charge >= 0.3 is 0 Å². The summed E-state index contributed by atoms with van der Waals surface area (Å²) >= 11 is 1.75. The predicted molar refractivity (Wildman–Crippen MR) is 93.5 cm³/mol. The predicted octanol–water partition coefficient (Wildman–Crippen LogP) is 3.24. The smallest absolute Gasteiger partial charge is 0.222 e. The van der Waals surface area contributed by atoms with Crippen molar-refractivity contribution in [3.8, 4) is 0 Å². The molecule has 3 rings (SSSR count). The average Bonchev–Trinajstić information content (AvgIpc) is 3.17. The van der Waals surface area contributed by atoms with Gasteiger partial charge in [-0.15, -0.1) is 11.3 Å². The highest BCUT2D eigenvalue weighted by atomic mass is 32.1. The zero-order valence-electron chi connectivity index (χ0n) is 13.6. The van der Waals surface area contributed by atoms with Gasteiger partial charge in [0.2, 0.25) is 5.91 Å². The van der Waals surface area contributed by atoms with E-state index in [0.29, 0.717) is 13.0 Å². The number of para-hydroxylation sites is 1. The van der Waals surface area contributed by atoms with E-state index in [1.54, 1.807) is 11.3 Å². The van der Waals surface area contributed by atoms with Gasteiger partial charge in [-0.2, -0.15) is 0 Å². The molecule has 0 radical (unpaired) electrons. The van der Waals surface area contributed by atoms with Crippen LogP contribution < -0.4 is 0 Å². The Balaban J connectivity index is 1.40. The van der Waals surface area contributed by atoms with E-state index in [-0.39, 0.29) is 17.9 Å². The number of likely N-dealkylation sites (tertiary alicyclic amines) is 1. The number of rotatable bonds is 6. The van der Waals surface area contributed by atoms with Crippen molar-refractivity contribution in [3.63, 3.8) is 0 Å². The van der Waals surface area contributed by atoms with Crippen LogP contribution in [0.1, 0.15) is 37.6 Å². The Kier molecular flexibility index (Phi) is 5.28. The normalized spacial score (nSPS) is 19.4. The van der Waals surface area contributed by atoms with Crippen LogP contribution in [0, 0.1) is 5.92 Å². The summed E-state index contributed by atoms with van der Waals surface area (Å²) in [4.78, 5) is 18.7. The molecule has 1 N–H and O–H groups in total. The maximum atomic E-state index is 12.2. The highest BCUT2D eigenvalue weighted by Crippen LogP contribution is 2.24. The maximum Gasteiger partial charge on any atom is 0.222 e. The van der Waals surface area contributed by atoms with Crippen LogP contribution in [-0.4, -0.2) is 40.1 Å². The number of hydrogen-bond acceptors (Lipinski definition) is 4. The first kappa shape index (κ1) is 16.4. The summed E-state index contributed by atoms with van der Waals surface area (Å²) in [7, 11) is 0. The van der Waals surface area contributed by atoms with E-state index in [1.165, 1.54) is 4.70 Å². The molecule has 5 heteroatoms. The number of aromatic nitrogens is 1. The number of carbonyl (C=O) groups excluding carboxylic acids is 1. The fourth-order valence-electron chi connectivity index (χ4n) is 3.15. The lowest BCUT2D eigenvalue weighted by atomic mass is 10.0. The van der Waals surface area contributed by atoms with Gasteiger partial charge in [-0.25, -0.2) is 4.98 Å². The number of aryl methyl sites for hydroxylation is 1. The number of carbonyl (C=O) groups is 1. The third kappa shape index (κ3) is 4.09. The molecule has 1 aromatic heterocycles. The van der Waals surface area contributed by atoms with Crippen molar-refractivity contribution < 1.29 is 9.90 Å². The molecule has 1 aromatic carbocycles. The molecule has 1 amide bonds. The standard InChI is InChI=1S/C18H24N2O2S/c1-13(21)14-10-11-20(12-14)18(22)9-5-4-8-17-19-15-6-2-3-7-16(15)23-17/h2-3,6-7,13-14,21H,4-5,8-12H2,1H3. The highest BCUT2D eigenvalue weighted by molar-refractivity contribution is 7.18. The van der Waals surface area contributed by atoms with E-state index in [0.717, 1.165) is 42.8 Å². The third-order valence-electron chi connectivity index (χ3n) is 4.63. The van der Waals surface area contributed by atoms with Crippen LogP contribution in [0.2, 0.25) is 0 Å². The summed E-state index contributed by atoms with van der Waals surface area (Å²) in [5, 5.41) is 10.8. The minimum absolute atomic E-state index is 0.234. The monoisotopic (exact) mass is 332 g/mol. The lowest BCUT2D eigenvalue weighted by molar-refractivity contribution is -0.130. The van der Waals surface area contributed by atoms with Gasteiger partial charge in [0.05, 0.1) is 21.3 Å². The summed E-state index contributed by atoms with van der Waals surface area (Å²) < 4.78 is 1.24. The molecule has 2 unspecified atom stereocenters. The van der Waals surface area contributed by atoms with E-state index >= 15 is 0 Å². The van der Waals surface area contributed by atoms with Crippen LogP contribution in [0.5, 0.6) is 0 Å². The molecule has 23 heavy (non-hydrogen) atoms. The lowest BCUT2D eigenvalue weighted by Gasteiger charge is -2.17.